The van der Waals surface area contributed by atoms with Gasteiger partial charge in [0.05, 0.1) is 47.6 Å². The Bertz CT molecular complexity index is 1300. The number of rotatable bonds is 5. The van der Waals surface area contributed by atoms with Gasteiger partial charge >= 0.3 is 0 Å². The summed E-state index contributed by atoms with van der Waals surface area (Å²) in [6.45, 7) is -0.0799. The van der Waals surface area contributed by atoms with Crippen molar-refractivity contribution >= 4 is 23.2 Å². The summed E-state index contributed by atoms with van der Waals surface area (Å²) in [4.78, 5) is 14.9. The van der Waals surface area contributed by atoms with Crippen molar-refractivity contribution < 1.29 is 8.78 Å². The summed E-state index contributed by atoms with van der Waals surface area (Å²) in [5.74, 6) is -3.10. The highest BCUT2D eigenvalue weighted by Gasteiger charge is 2.48. The molecule has 0 bridgehead atoms. The first-order valence-corrected chi connectivity index (χ1v) is 10.4. The molecule has 5 rings (SSSR count). The molecule has 1 saturated heterocycles. The number of aromatic nitrogens is 8. The van der Waals surface area contributed by atoms with Crippen LogP contribution in [-0.2, 0) is 7.05 Å². The molecule has 4 aromatic rings. The van der Waals surface area contributed by atoms with Crippen molar-refractivity contribution in [2.75, 3.05) is 25.5 Å². The Morgan fingerprint density at radius 1 is 1.15 bits per heavy atom. The largest absolute Gasteiger partial charge is 0.320 e. The second-order valence-corrected chi connectivity index (χ2v) is 8.20. The van der Waals surface area contributed by atoms with Crippen LogP contribution in [0.5, 0.6) is 0 Å². The van der Waals surface area contributed by atoms with Crippen molar-refractivity contribution in [2.45, 2.75) is 11.8 Å². The number of likely N-dealkylation sites (N-methyl/N-ethyl adjacent to an activating group) is 1. The van der Waals surface area contributed by atoms with Gasteiger partial charge < -0.3 is 5.32 Å². The minimum absolute atomic E-state index is 0.219. The Balaban J connectivity index is 1.40. The van der Waals surface area contributed by atoms with E-state index in [9.17, 15) is 8.78 Å². The Labute approximate surface area is 192 Å². The summed E-state index contributed by atoms with van der Waals surface area (Å²) in [6, 6.07) is 7.00. The zero-order valence-corrected chi connectivity index (χ0v) is 18.4. The minimum atomic E-state index is -2.85. The molecular formula is C20H19ClF2N10. The van der Waals surface area contributed by atoms with Gasteiger partial charge in [-0.2, -0.15) is 5.10 Å². The van der Waals surface area contributed by atoms with Crippen LogP contribution in [0.4, 0.5) is 20.4 Å². The van der Waals surface area contributed by atoms with E-state index < -0.39 is 11.8 Å². The summed E-state index contributed by atoms with van der Waals surface area (Å²) in [5, 5.41) is 15.5. The molecule has 5 heterocycles. The van der Waals surface area contributed by atoms with E-state index >= 15 is 0 Å². The second kappa shape index (κ2) is 8.12. The number of aryl methyl sites for hydroxylation is 1. The summed E-state index contributed by atoms with van der Waals surface area (Å²) in [7, 11) is 3.39. The van der Waals surface area contributed by atoms with Gasteiger partial charge in [0, 0.05) is 19.8 Å². The lowest BCUT2D eigenvalue weighted by Gasteiger charge is -2.14. The van der Waals surface area contributed by atoms with Crippen LogP contribution in [0.2, 0.25) is 5.15 Å². The van der Waals surface area contributed by atoms with Crippen molar-refractivity contribution in [3.05, 3.63) is 53.7 Å². The number of hydrogen-bond donors (Lipinski definition) is 1. The first-order chi connectivity index (χ1) is 15.8. The van der Waals surface area contributed by atoms with Crippen LogP contribution in [-0.4, -0.2) is 70.7 Å². The smallest absolute Gasteiger partial charge is 0.270 e. The molecule has 0 amide bonds. The number of likely N-dealkylation sites (tertiary alicyclic amines) is 1. The molecule has 13 heteroatoms. The lowest BCUT2D eigenvalue weighted by Crippen LogP contribution is -2.25. The van der Waals surface area contributed by atoms with E-state index in [1.54, 1.807) is 55.7 Å². The maximum Gasteiger partial charge on any atom is 0.270 e. The van der Waals surface area contributed by atoms with E-state index in [2.05, 4.69) is 35.7 Å². The number of nitrogens with zero attached hydrogens (tertiary/aromatic N) is 9. The van der Waals surface area contributed by atoms with Crippen molar-refractivity contribution in [1.29, 1.82) is 0 Å². The van der Waals surface area contributed by atoms with Crippen LogP contribution in [0.15, 0.2) is 42.9 Å². The van der Waals surface area contributed by atoms with Crippen LogP contribution >= 0.6 is 11.6 Å². The molecule has 1 aliphatic rings. The summed E-state index contributed by atoms with van der Waals surface area (Å²) >= 11 is 6.18. The average molecular weight is 473 g/mol. The van der Waals surface area contributed by atoms with Gasteiger partial charge in [0.25, 0.3) is 5.92 Å². The van der Waals surface area contributed by atoms with E-state index in [0.717, 1.165) is 0 Å². The van der Waals surface area contributed by atoms with Gasteiger partial charge in [0.1, 0.15) is 5.15 Å². The molecule has 0 radical (unpaired) electrons. The number of alkyl halides is 2. The van der Waals surface area contributed by atoms with E-state index in [1.165, 1.54) is 15.6 Å². The van der Waals surface area contributed by atoms with E-state index in [1.807, 2.05) is 0 Å². The quantitative estimate of drug-likeness (QED) is 0.473. The molecule has 0 aromatic carbocycles. The highest BCUT2D eigenvalue weighted by atomic mass is 35.5. The third kappa shape index (κ3) is 4.14. The molecule has 0 saturated carbocycles. The van der Waals surface area contributed by atoms with Gasteiger partial charge in [-0.1, -0.05) is 22.9 Å². The van der Waals surface area contributed by atoms with Gasteiger partial charge in [-0.3, -0.25) is 9.58 Å². The predicted molar refractivity (Wildman–Crippen MR) is 117 cm³/mol. The molecule has 0 aliphatic carbocycles. The molecule has 10 nitrogen and oxygen atoms in total. The van der Waals surface area contributed by atoms with Crippen molar-refractivity contribution in [3.8, 4) is 17.2 Å². The number of anilines is 2. The van der Waals surface area contributed by atoms with Gasteiger partial charge in [-0.25, -0.2) is 28.4 Å². The molecule has 1 fully saturated rings. The third-order valence-electron chi connectivity index (χ3n) is 5.35. The van der Waals surface area contributed by atoms with Crippen LogP contribution in [0.1, 0.15) is 11.6 Å². The fourth-order valence-corrected chi connectivity index (χ4v) is 3.86. The Kier molecular flexibility index (Phi) is 5.25. The number of pyridine rings is 1. The van der Waals surface area contributed by atoms with Crippen LogP contribution in [0.3, 0.4) is 0 Å². The van der Waals surface area contributed by atoms with Crippen molar-refractivity contribution in [2.24, 2.45) is 7.05 Å². The van der Waals surface area contributed by atoms with Gasteiger partial charge in [-0.15, -0.1) is 5.10 Å². The van der Waals surface area contributed by atoms with Crippen LogP contribution < -0.4 is 5.32 Å². The molecule has 170 valence electrons. The first-order valence-electron chi connectivity index (χ1n) is 10.0. The minimum Gasteiger partial charge on any atom is -0.320 e. The average Bonchev–Trinajstić information content (AvgIpc) is 3.47. The Morgan fingerprint density at radius 3 is 2.70 bits per heavy atom. The third-order valence-corrected chi connectivity index (χ3v) is 5.80. The van der Waals surface area contributed by atoms with Gasteiger partial charge in [-0.05, 0) is 25.2 Å². The monoisotopic (exact) mass is 472 g/mol. The second-order valence-electron chi connectivity index (χ2n) is 7.84. The molecule has 1 aliphatic heterocycles. The number of nitrogens with one attached hydrogen (secondary N) is 1. The number of hydrogen-bond acceptors (Lipinski definition) is 8. The Hall–Kier alpha value is -3.51. The van der Waals surface area contributed by atoms with E-state index in [0.29, 0.717) is 34.0 Å². The van der Waals surface area contributed by atoms with Crippen LogP contribution in [0, 0.1) is 0 Å². The van der Waals surface area contributed by atoms with E-state index in [-0.39, 0.29) is 18.8 Å². The first kappa shape index (κ1) is 21.3. The normalized spacial score (nSPS) is 18.0. The van der Waals surface area contributed by atoms with Crippen molar-refractivity contribution in [3.63, 3.8) is 0 Å². The summed E-state index contributed by atoms with van der Waals surface area (Å²) in [5.41, 5.74) is 1.91. The zero-order valence-electron chi connectivity index (χ0n) is 17.7. The molecular weight excluding hydrogens is 454 g/mol. The molecule has 33 heavy (non-hydrogen) atoms. The Morgan fingerprint density at radius 2 is 1.97 bits per heavy atom. The molecule has 0 unspecified atom stereocenters. The maximum absolute atomic E-state index is 14.3. The highest BCUT2D eigenvalue weighted by Crippen LogP contribution is 2.38. The topological polar surface area (TPSA) is 102 Å². The van der Waals surface area contributed by atoms with Gasteiger partial charge in [0.2, 0.25) is 5.95 Å². The summed E-state index contributed by atoms with van der Waals surface area (Å²) < 4.78 is 31.5. The van der Waals surface area contributed by atoms with E-state index in [4.69, 9.17) is 11.6 Å². The fourth-order valence-electron chi connectivity index (χ4n) is 3.72. The zero-order chi connectivity index (χ0) is 23.2. The number of halogens is 3. The lowest BCUT2D eigenvalue weighted by atomic mass is 10.0. The standard InChI is InChI=1S/C20H19ClF2N10/c1-31-9-12(20(22,23)11-31)16-10-33(30-29-16)17-5-3-4-13(26-17)14-6-7-24-19(27-14)28-15-8-25-32(2)18(15)21/h3-8,10,12H,9,11H2,1-2H3,(H,24,27,28)/t12-/m1/s1. The van der Waals surface area contributed by atoms with Crippen LogP contribution in [0.25, 0.3) is 17.2 Å². The fraction of sp³-hybridized carbons (Fsp3) is 0.300. The molecule has 1 N–H and O–H groups in total. The SMILES string of the molecule is CN1C[C@H](c2cn(-c3cccc(-c4ccnc(Nc5cnn(C)c5Cl)n4)n3)nn2)C(F)(F)C1. The predicted octanol–water partition coefficient (Wildman–Crippen LogP) is 2.91. The lowest BCUT2D eigenvalue weighted by molar-refractivity contribution is -0.00217. The summed E-state index contributed by atoms with van der Waals surface area (Å²) in [6.07, 6.45) is 4.67. The maximum atomic E-state index is 14.3. The molecule has 1 atom stereocenters. The highest BCUT2D eigenvalue weighted by molar-refractivity contribution is 6.32. The van der Waals surface area contributed by atoms with Gasteiger partial charge in [0.15, 0.2) is 5.82 Å². The molecule has 4 aromatic heterocycles. The molecule has 0 spiro atoms. The van der Waals surface area contributed by atoms with Crippen molar-refractivity contribution in [1.82, 2.24) is 44.6 Å².